The zero-order chi connectivity index (χ0) is 24.9. The lowest BCUT2D eigenvalue weighted by Crippen LogP contribution is -2.30. The second-order valence-corrected chi connectivity index (χ2v) is 10.9. The number of halogens is 2. The highest BCUT2D eigenvalue weighted by Crippen LogP contribution is 2.23. The van der Waals surface area contributed by atoms with Crippen LogP contribution in [0.4, 0.5) is 4.39 Å². The molecule has 0 saturated carbocycles. The summed E-state index contributed by atoms with van der Waals surface area (Å²) in [6.07, 6.45) is 1.57. The Labute approximate surface area is 207 Å². The number of fused-ring (bicyclic) bond motifs is 2. The van der Waals surface area contributed by atoms with Gasteiger partial charge in [0.05, 0.1) is 16.8 Å². The lowest BCUT2D eigenvalue weighted by Gasteiger charge is -2.16. The van der Waals surface area contributed by atoms with Crippen molar-refractivity contribution in [1.82, 2.24) is 14.0 Å². The molecule has 0 saturated heterocycles. The standard InChI is InChI=1S/C25H18BrFN4O3S/c1-15-3-2-12-30-23(15)29-24-20(25(30)32)13-21(35(33,34)19-10-6-17(26)7-11-19)22(28)31(24)14-16-4-8-18(27)9-5-16/h2-13,28H,14H2,1H3. The van der Waals surface area contributed by atoms with E-state index >= 15 is 0 Å². The fraction of sp³-hybridized carbons (Fsp3) is 0.0800. The number of aryl methyl sites for hydroxylation is 1. The first kappa shape index (κ1) is 23.1. The molecule has 7 nitrogen and oxygen atoms in total. The molecule has 0 amide bonds. The van der Waals surface area contributed by atoms with Gasteiger partial charge in [0.25, 0.3) is 5.56 Å². The molecule has 0 aliphatic heterocycles. The topological polar surface area (TPSA) is 97.3 Å². The van der Waals surface area contributed by atoms with Crippen LogP contribution in [0.3, 0.4) is 0 Å². The number of sulfone groups is 1. The van der Waals surface area contributed by atoms with Gasteiger partial charge in [0.1, 0.15) is 27.5 Å². The number of pyridine rings is 2. The van der Waals surface area contributed by atoms with Gasteiger partial charge in [-0.25, -0.2) is 17.8 Å². The van der Waals surface area contributed by atoms with Gasteiger partial charge < -0.3 is 4.57 Å². The maximum Gasteiger partial charge on any atom is 0.267 e. The number of hydrogen-bond donors (Lipinski definition) is 1. The Balaban J connectivity index is 1.88. The van der Waals surface area contributed by atoms with E-state index in [4.69, 9.17) is 5.41 Å². The van der Waals surface area contributed by atoms with Crippen molar-refractivity contribution >= 4 is 42.4 Å². The summed E-state index contributed by atoms with van der Waals surface area (Å²) in [5, 5.41) is 8.91. The number of nitrogens with one attached hydrogen (secondary N) is 1. The predicted octanol–water partition coefficient (Wildman–Crippen LogP) is 4.22. The van der Waals surface area contributed by atoms with Crippen molar-refractivity contribution < 1.29 is 12.8 Å². The normalized spacial score (nSPS) is 11.9. The molecule has 0 aliphatic carbocycles. The fourth-order valence-corrected chi connectivity index (χ4v) is 5.59. The summed E-state index contributed by atoms with van der Waals surface area (Å²) in [4.78, 5) is 17.8. The van der Waals surface area contributed by atoms with Crippen LogP contribution >= 0.6 is 15.9 Å². The summed E-state index contributed by atoms with van der Waals surface area (Å²) in [7, 11) is -4.14. The molecule has 2 aromatic carbocycles. The summed E-state index contributed by atoms with van der Waals surface area (Å²) in [5.41, 5.74) is 1.17. The van der Waals surface area contributed by atoms with Crippen molar-refractivity contribution in [3.05, 3.63) is 110 Å². The summed E-state index contributed by atoms with van der Waals surface area (Å²) in [6.45, 7) is 1.83. The molecule has 0 atom stereocenters. The average molecular weight is 553 g/mol. The van der Waals surface area contributed by atoms with Crippen LogP contribution in [0.1, 0.15) is 11.1 Å². The second-order valence-electron chi connectivity index (χ2n) is 8.07. The number of nitrogens with zero attached hydrogens (tertiary/aromatic N) is 3. The molecule has 5 aromatic rings. The van der Waals surface area contributed by atoms with E-state index in [2.05, 4.69) is 20.9 Å². The minimum Gasteiger partial charge on any atom is -0.305 e. The first-order valence-electron chi connectivity index (χ1n) is 10.5. The summed E-state index contributed by atoms with van der Waals surface area (Å²) in [5.74, 6) is -0.417. The van der Waals surface area contributed by atoms with Crippen LogP contribution in [0.2, 0.25) is 0 Å². The van der Waals surface area contributed by atoms with Gasteiger partial charge in [0, 0.05) is 10.7 Å². The lowest BCUT2D eigenvalue weighted by molar-refractivity contribution is 0.591. The van der Waals surface area contributed by atoms with Gasteiger partial charge in [-0.05, 0) is 66.6 Å². The Morgan fingerprint density at radius 2 is 1.71 bits per heavy atom. The monoisotopic (exact) mass is 552 g/mol. The predicted molar refractivity (Wildman–Crippen MR) is 133 cm³/mol. The van der Waals surface area contributed by atoms with Gasteiger partial charge in [-0.15, -0.1) is 0 Å². The maximum absolute atomic E-state index is 13.6. The number of hydrogen-bond acceptors (Lipinski definition) is 5. The zero-order valence-electron chi connectivity index (χ0n) is 18.4. The van der Waals surface area contributed by atoms with E-state index < -0.39 is 21.2 Å². The van der Waals surface area contributed by atoms with Gasteiger partial charge in [-0.2, -0.15) is 0 Å². The highest BCUT2D eigenvalue weighted by molar-refractivity contribution is 9.10. The largest absolute Gasteiger partial charge is 0.305 e. The molecule has 0 fully saturated rings. The van der Waals surface area contributed by atoms with E-state index in [-0.39, 0.29) is 32.9 Å². The Hall–Kier alpha value is -3.63. The van der Waals surface area contributed by atoms with Crippen molar-refractivity contribution in [3.8, 4) is 0 Å². The lowest BCUT2D eigenvalue weighted by atomic mass is 10.2. The van der Waals surface area contributed by atoms with Gasteiger partial charge in [0.15, 0.2) is 0 Å². The van der Waals surface area contributed by atoms with Crippen LogP contribution < -0.4 is 11.0 Å². The third-order valence-corrected chi connectivity index (χ3v) is 8.08. The van der Waals surface area contributed by atoms with Crippen molar-refractivity contribution in [2.75, 3.05) is 0 Å². The van der Waals surface area contributed by atoms with E-state index in [1.54, 1.807) is 36.5 Å². The van der Waals surface area contributed by atoms with Crippen molar-refractivity contribution in [2.24, 2.45) is 0 Å². The van der Waals surface area contributed by atoms with Crippen molar-refractivity contribution in [2.45, 2.75) is 23.3 Å². The first-order valence-corrected chi connectivity index (χ1v) is 12.8. The molecule has 176 valence electrons. The minimum absolute atomic E-state index is 0.00780. The molecule has 0 spiro atoms. The molecule has 1 N–H and O–H groups in total. The molecule has 0 aliphatic rings. The highest BCUT2D eigenvalue weighted by Gasteiger charge is 2.24. The molecule has 0 bridgehead atoms. The van der Waals surface area contributed by atoms with E-state index in [0.717, 1.165) is 5.56 Å². The Morgan fingerprint density at radius 3 is 2.40 bits per heavy atom. The quantitative estimate of drug-likeness (QED) is 0.337. The van der Waals surface area contributed by atoms with Gasteiger partial charge in [-0.1, -0.05) is 34.1 Å². The van der Waals surface area contributed by atoms with Gasteiger partial charge in [-0.3, -0.25) is 14.6 Å². The SMILES string of the molecule is Cc1cccn2c(=O)c3cc(S(=O)(=O)c4ccc(Br)cc4)c(=N)n(Cc4ccc(F)cc4)c3nc12. The third kappa shape index (κ3) is 3.98. The van der Waals surface area contributed by atoms with Crippen LogP contribution in [0, 0.1) is 18.2 Å². The van der Waals surface area contributed by atoms with Gasteiger partial charge >= 0.3 is 0 Å². The molecule has 0 radical (unpaired) electrons. The number of benzene rings is 2. The minimum atomic E-state index is -4.14. The van der Waals surface area contributed by atoms with E-state index in [9.17, 15) is 17.6 Å². The molecule has 0 unspecified atom stereocenters. The molecule has 3 heterocycles. The Bertz CT molecular complexity index is 1850. The highest BCUT2D eigenvalue weighted by atomic mass is 79.9. The molecule has 3 aromatic heterocycles. The fourth-order valence-electron chi connectivity index (χ4n) is 3.94. The van der Waals surface area contributed by atoms with E-state index in [1.165, 1.54) is 39.3 Å². The summed E-state index contributed by atoms with van der Waals surface area (Å²) >= 11 is 3.29. The third-order valence-electron chi connectivity index (χ3n) is 5.77. The molecule has 35 heavy (non-hydrogen) atoms. The maximum atomic E-state index is 13.6. The van der Waals surface area contributed by atoms with Crippen molar-refractivity contribution in [1.29, 1.82) is 5.41 Å². The summed E-state index contributed by atoms with van der Waals surface area (Å²) < 4.78 is 44.0. The molecular formula is C25H18BrFN4O3S. The van der Waals surface area contributed by atoms with E-state index in [0.29, 0.717) is 15.7 Å². The smallest absolute Gasteiger partial charge is 0.267 e. The van der Waals surface area contributed by atoms with Gasteiger partial charge in [0.2, 0.25) is 9.84 Å². The number of rotatable bonds is 4. The average Bonchev–Trinajstić information content (AvgIpc) is 2.83. The van der Waals surface area contributed by atoms with Crippen LogP contribution in [0.5, 0.6) is 0 Å². The zero-order valence-corrected chi connectivity index (χ0v) is 20.8. The molecular weight excluding hydrogens is 535 g/mol. The van der Waals surface area contributed by atoms with Crippen LogP contribution in [-0.2, 0) is 16.4 Å². The van der Waals surface area contributed by atoms with Crippen LogP contribution in [-0.4, -0.2) is 22.4 Å². The second kappa shape index (κ2) is 8.54. The van der Waals surface area contributed by atoms with Crippen molar-refractivity contribution in [3.63, 3.8) is 0 Å². The summed E-state index contributed by atoms with van der Waals surface area (Å²) in [6, 6.07) is 16.5. The van der Waals surface area contributed by atoms with Crippen LogP contribution in [0.25, 0.3) is 16.7 Å². The van der Waals surface area contributed by atoms with Crippen LogP contribution in [0.15, 0.2) is 92.0 Å². The Kier molecular flexibility index (Phi) is 5.65. The number of aromatic nitrogens is 3. The first-order chi connectivity index (χ1) is 16.7. The van der Waals surface area contributed by atoms with E-state index in [1.807, 2.05) is 13.0 Å². The molecule has 10 heteroatoms. The molecule has 5 rings (SSSR count). The Morgan fingerprint density at radius 1 is 1.03 bits per heavy atom.